The van der Waals surface area contributed by atoms with E-state index in [4.69, 9.17) is 5.73 Å². The third-order valence-electron chi connectivity index (χ3n) is 2.37. The Morgan fingerprint density at radius 3 is 2.47 bits per heavy atom. The number of aryl methyl sites for hydroxylation is 2. The first-order valence-corrected chi connectivity index (χ1v) is 6.57. The SMILES string of the molecule is Cc1cc(C)nc([NH+]=C(N)Nc2ccccc2Br)n1. The van der Waals surface area contributed by atoms with Crippen LogP contribution >= 0.6 is 15.9 Å². The summed E-state index contributed by atoms with van der Waals surface area (Å²) in [5.74, 6) is 0.853. The fourth-order valence-electron chi connectivity index (χ4n) is 1.64. The number of anilines is 1. The summed E-state index contributed by atoms with van der Waals surface area (Å²) >= 11 is 3.44. The number of nitrogens with one attached hydrogen (secondary N) is 2. The van der Waals surface area contributed by atoms with Crippen LogP contribution in [0.15, 0.2) is 34.8 Å². The summed E-state index contributed by atoms with van der Waals surface area (Å²) in [7, 11) is 0. The van der Waals surface area contributed by atoms with Crippen LogP contribution in [0.2, 0.25) is 0 Å². The number of hydrogen-bond donors (Lipinski definition) is 3. The van der Waals surface area contributed by atoms with E-state index in [2.05, 4.69) is 36.2 Å². The number of nitrogens with zero attached hydrogens (tertiary/aromatic N) is 2. The summed E-state index contributed by atoms with van der Waals surface area (Å²) in [6.45, 7) is 3.83. The molecule has 0 unspecified atom stereocenters. The van der Waals surface area contributed by atoms with Gasteiger partial charge in [0.05, 0.1) is 21.5 Å². The van der Waals surface area contributed by atoms with Gasteiger partial charge in [-0.3, -0.25) is 5.32 Å². The lowest BCUT2D eigenvalue weighted by atomic mass is 10.3. The molecule has 4 N–H and O–H groups in total. The maximum Gasteiger partial charge on any atom is 0.354 e. The number of benzene rings is 1. The van der Waals surface area contributed by atoms with Crippen molar-refractivity contribution in [3.05, 3.63) is 46.2 Å². The van der Waals surface area contributed by atoms with Crippen LogP contribution in [0, 0.1) is 13.8 Å². The van der Waals surface area contributed by atoms with Crippen LogP contribution in [0.25, 0.3) is 0 Å². The molecule has 0 radical (unpaired) electrons. The van der Waals surface area contributed by atoms with Crippen LogP contribution in [-0.4, -0.2) is 15.9 Å². The second-order valence-electron chi connectivity index (χ2n) is 4.12. The van der Waals surface area contributed by atoms with Crippen molar-refractivity contribution in [2.75, 3.05) is 5.32 Å². The zero-order valence-electron chi connectivity index (χ0n) is 10.7. The number of rotatable bonds is 2. The summed E-state index contributed by atoms with van der Waals surface area (Å²) < 4.78 is 0.932. The fraction of sp³-hybridized carbons (Fsp3) is 0.154. The van der Waals surface area contributed by atoms with E-state index in [1.54, 1.807) is 0 Å². The number of guanidine groups is 1. The lowest BCUT2D eigenvalue weighted by Crippen LogP contribution is -2.72. The maximum absolute atomic E-state index is 5.90. The Labute approximate surface area is 120 Å². The van der Waals surface area contributed by atoms with Gasteiger partial charge in [-0.1, -0.05) is 12.1 Å². The maximum atomic E-state index is 5.90. The second-order valence-corrected chi connectivity index (χ2v) is 4.97. The number of halogens is 1. The Kier molecular flexibility index (Phi) is 4.11. The zero-order valence-corrected chi connectivity index (χ0v) is 12.3. The van der Waals surface area contributed by atoms with Crippen LogP contribution in [0.3, 0.4) is 0 Å². The molecule has 0 saturated carbocycles. The fourth-order valence-corrected chi connectivity index (χ4v) is 2.03. The first-order valence-electron chi connectivity index (χ1n) is 5.78. The number of para-hydroxylation sites is 1. The van der Waals surface area contributed by atoms with Crippen molar-refractivity contribution in [2.45, 2.75) is 13.8 Å². The van der Waals surface area contributed by atoms with E-state index < -0.39 is 0 Å². The molecule has 0 aliphatic rings. The number of nitrogens with two attached hydrogens (primary N) is 1. The predicted molar refractivity (Wildman–Crippen MR) is 79.1 cm³/mol. The zero-order chi connectivity index (χ0) is 13.8. The predicted octanol–water partition coefficient (Wildman–Crippen LogP) is 0.995. The Balaban J connectivity index is 2.22. The average molecular weight is 321 g/mol. The van der Waals surface area contributed by atoms with Crippen molar-refractivity contribution in [2.24, 2.45) is 5.73 Å². The largest absolute Gasteiger partial charge is 0.354 e. The minimum absolute atomic E-state index is 0.372. The lowest BCUT2D eigenvalue weighted by molar-refractivity contribution is -0.365. The standard InChI is InChI=1S/C13H14BrN5/c1-8-7-9(2)17-13(16-8)19-12(15)18-11-6-4-3-5-10(11)14/h3-7H,1-2H3,(H3,15,16,17,18,19)/p+1. The molecule has 0 fully saturated rings. The number of hydrogen-bond acceptors (Lipinski definition) is 2. The minimum atomic E-state index is 0.372. The highest BCUT2D eigenvalue weighted by Crippen LogP contribution is 2.20. The van der Waals surface area contributed by atoms with Crippen molar-refractivity contribution in [3.63, 3.8) is 0 Å². The van der Waals surface area contributed by atoms with E-state index in [9.17, 15) is 0 Å². The Morgan fingerprint density at radius 1 is 1.21 bits per heavy atom. The van der Waals surface area contributed by atoms with Crippen LogP contribution in [-0.2, 0) is 0 Å². The Morgan fingerprint density at radius 2 is 1.84 bits per heavy atom. The van der Waals surface area contributed by atoms with E-state index >= 15 is 0 Å². The van der Waals surface area contributed by atoms with Gasteiger partial charge in [0.1, 0.15) is 0 Å². The van der Waals surface area contributed by atoms with Gasteiger partial charge in [0, 0.05) is 6.07 Å². The highest BCUT2D eigenvalue weighted by molar-refractivity contribution is 9.10. The Bertz CT molecular complexity index is 604. The van der Waals surface area contributed by atoms with Crippen molar-refractivity contribution < 1.29 is 4.99 Å². The third-order valence-corrected chi connectivity index (χ3v) is 3.06. The molecule has 0 bridgehead atoms. The molecule has 6 heteroatoms. The molecule has 2 rings (SSSR count). The first kappa shape index (κ1) is 13.5. The highest BCUT2D eigenvalue weighted by Gasteiger charge is 2.06. The van der Waals surface area contributed by atoms with Crippen LogP contribution < -0.4 is 16.0 Å². The van der Waals surface area contributed by atoms with Gasteiger partial charge < -0.3 is 5.73 Å². The molecule has 0 saturated heterocycles. The molecule has 2 aromatic rings. The summed E-state index contributed by atoms with van der Waals surface area (Å²) in [6.07, 6.45) is 0. The molecule has 0 aliphatic carbocycles. The lowest BCUT2D eigenvalue weighted by Gasteiger charge is -2.03. The van der Waals surface area contributed by atoms with E-state index in [-0.39, 0.29) is 0 Å². The molecular formula is C13H15BrN5+. The summed E-state index contributed by atoms with van der Waals surface area (Å²) in [4.78, 5) is 11.5. The van der Waals surface area contributed by atoms with Gasteiger partial charge in [-0.05, 0) is 41.9 Å². The van der Waals surface area contributed by atoms with Crippen LogP contribution in [0.5, 0.6) is 0 Å². The second kappa shape index (κ2) is 5.79. The van der Waals surface area contributed by atoms with Gasteiger partial charge in [-0.15, -0.1) is 9.97 Å². The molecule has 1 aromatic heterocycles. The highest BCUT2D eigenvalue weighted by atomic mass is 79.9. The van der Waals surface area contributed by atoms with Crippen molar-refractivity contribution >= 4 is 33.5 Å². The van der Waals surface area contributed by atoms with Crippen molar-refractivity contribution in [1.82, 2.24) is 9.97 Å². The van der Waals surface area contributed by atoms with Gasteiger partial charge in [0.2, 0.25) is 0 Å². The summed E-state index contributed by atoms with van der Waals surface area (Å²) in [6, 6.07) is 9.62. The summed E-state index contributed by atoms with van der Waals surface area (Å²) in [5.41, 5.74) is 8.56. The minimum Gasteiger partial charge on any atom is -0.322 e. The molecule has 0 spiro atoms. The molecule has 0 amide bonds. The monoisotopic (exact) mass is 320 g/mol. The van der Waals surface area contributed by atoms with E-state index in [1.165, 1.54) is 0 Å². The van der Waals surface area contributed by atoms with Gasteiger partial charge >= 0.3 is 5.95 Å². The molecule has 0 atom stereocenters. The first-order chi connectivity index (χ1) is 9.04. The van der Waals surface area contributed by atoms with Gasteiger partial charge in [0.15, 0.2) is 0 Å². The van der Waals surface area contributed by atoms with Crippen LogP contribution in [0.4, 0.5) is 11.6 Å². The normalized spacial score (nSPS) is 11.4. The van der Waals surface area contributed by atoms with Crippen LogP contribution in [0.1, 0.15) is 11.4 Å². The third kappa shape index (κ3) is 3.75. The molecule has 1 heterocycles. The quantitative estimate of drug-likeness (QED) is 0.569. The van der Waals surface area contributed by atoms with Gasteiger partial charge in [-0.25, -0.2) is 4.99 Å². The summed E-state index contributed by atoms with van der Waals surface area (Å²) in [5, 5.41) is 3.05. The Hall–Kier alpha value is -1.95. The average Bonchev–Trinajstić information content (AvgIpc) is 2.30. The smallest absolute Gasteiger partial charge is 0.322 e. The van der Waals surface area contributed by atoms with E-state index in [0.29, 0.717) is 11.9 Å². The number of aromatic nitrogens is 2. The molecule has 0 aliphatic heterocycles. The molecule has 98 valence electrons. The topological polar surface area (TPSA) is 77.8 Å². The molecular weight excluding hydrogens is 306 g/mol. The van der Waals surface area contributed by atoms with Gasteiger partial charge in [0.25, 0.3) is 5.96 Å². The van der Waals surface area contributed by atoms with Crippen molar-refractivity contribution in [3.8, 4) is 0 Å². The molecule has 1 aromatic carbocycles. The van der Waals surface area contributed by atoms with E-state index in [0.717, 1.165) is 21.5 Å². The molecule has 5 nitrogen and oxygen atoms in total. The van der Waals surface area contributed by atoms with Gasteiger partial charge in [-0.2, -0.15) is 0 Å². The molecule has 19 heavy (non-hydrogen) atoms. The van der Waals surface area contributed by atoms with E-state index in [1.807, 2.05) is 44.2 Å². The van der Waals surface area contributed by atoms with Crippen molar-refractivity contribution in [1.29, 1.82) is 0 Å².